The van der Waals surface area contributed by atoms with Gasteiger partial charge in [-0.3, -0.25) is 0 Å². The topological polar surface area (TPSA) is 35.2 Å². The fraction of sp³-hybridized carbons (Fsp3) is 0.600. The summed E-state index contributed by atoms with van der Waals surface area (Å²) < 4.78 is 5.77. The van der Waals surface area contributed by atoms with Gasteiger partial charge in [-0.1, -0.05) is 43.0 Å². The molecule has 0 radical (unpaired) electrons. The van der Waals surface area contributed by atoms with E-state index in [2.05, 4.69) is 6.07 Å². The average molecular weight is 268 g/mol. The van der Waals surface area contributed by atoms with Crippen LogP contribution in [0.2, 0.25) is 5.02 Å². The molecule has 1 saturated carbocycles. The molecule has 0 aromatic heterocycles. The summed E-state index contributed by atoms with van der Waals surface area (Å²) in [4.78, 5) is 0. The second kappa shape index (κ2) is 6.05. The summed E-state index contributed by atoms with van der Waals surface area (Å²) in [5.74, 6) is 0. The van der Waals surface area contributed by atoms with Crippen LogP contribution in [0.1, 0.15) is 43.2 Å². The van der Waals surface area contributed by atoms with Crippen molar-refractivity contribution in [3.05, 3.63) is 34.3 Å². The second-order valence-electron chi connectivity index (χ2n) is 5.51. The lowest BCUT2D eigenvalue weighted by Gasteiger charge is -2.33. The van der Waals surface area contributed by atoms with Gasteiger partial charge >= 0.3 is 0 Å². The van der Waals surface area contributed by atoms with Crippen LogP contribution in [-0.4, -0.2) is 12.1 Å². The lowest BCUT2D eigenvalue weighted by atomic mass is 9.83. The molecule has 0 atom stereocenters. The van der Waals surface area contributed by atoms with Crippen LogP contribution in [0, 0.1) is 6.92 Å². The normalized spacial score (nSPS) is 18.8. The van der Waals surface area contributed by atoms with Crippen molar-refractivity contribution >= 4 is 11.6 Å². The van der Waals surface area contributed by atoms with Gasteiger partial charge in [0.2, 0.25) is 0 Å². The van der Waals surface area contributed by atoms with Gasteiger partial charge in [-0.15, -0.1) is 0 Å². The van der Waals surface area contributed by atoms with E-state index in [1.54, 1.807) is 0 Å². The largest absolute Gasteiger partial charge is 0.375 e. The Labute approximate surface area is 114 Å². The monoisotopic (exact) mass is 267 g/mol. The van der Waals surface area contributed by atoms with Gasteiger partial charge in [0, 0.05) is 10.6 Å². The van der Waals surface area contributed by atoms with Crippen LogP contribution in [0.3, 0.4) is 0 Å². The molecule has 3 heteroatoms. The third kappa shape index (κ3) is 3.71. The maximum atomic E-state index is 6.33. The molecule has 2 rings (SSSR count). The zero-order chi connectivity index (χ0) is 13.0. The highest BCUT2D eigenvalue weighted by Gasteiger charge is 2.27. The fourth-order valence-electron chi connectivity index (χ4n) is 2.53. The molecule has 1 fully saturated rings. The number of rotatable bonds is 4. The fourth-order valence-corrected chi connectivity index (χ4v) is 2.82. The van der Waals surface area contributed by atoms with Crippen molar-refractivity contribution in [3.8, 4) is 0 Å². The Kier molecular flexibility index (Phi) is 4.66. The van der Waals surface area contributed by atoms with E-state index in [1.807, 2.05) is 19.1 Å². The number of hydrogen-bond acceptors (Lipinski definition) is 2. The molecule has 2 N–H and O–H groups in total. The van der Waals surface area contributed by atoms with Gasteiger partial charge in [0.1, 0.15) is 0 Å². The Morgan fingerprint density at radius 3 is 2.67 bits per heavy atom. The van der Waals surface area contributed by atoms with Gasteiger partial charge in [0.15, 0.2) is 0 Å². The molecule has 0 saturated heterocycles. The molecule has 1 aliphatic carbocycles. The summed E-state index contributed by atoms with van der Waals surface area (Å²) in [7, 11) is 0. The average Bonchev–Trinajstić information content (AvgIpc) is 2.33. The van der Waals surface area contributed by atoms with Gasteiger partial charge < -0.3 is 10.5 Å². The van der Waals surface area contributed by atoms with Crippen LogP contribution in [0.4, 0.5) is 0 Å². The summed E-state index contributed by atoms with van der Waals surface area (Å²) >= 11 is 6.17. The van der Waals surface area contributed by atoms with Gasteiger partial charge in [-0.25, -0.2) is 0 Å². The lowest BCUT2D eigenvalue weighted by molar-refractivity contribution is 0.0575. The summed E-state index contributed by atoms with van der Waals surface area (Å²) in [6.07, 6.45) is 5.92. The number of hydrogen-bond donors (Lipinski definition) is 1. The second-order valence-corrected chi connectivity index (χ2v) is 5.92. The maximum Gasteiger partial charge on any atom is 0.0732 e. The summed E-state index contributed by atoms with van der Waals surface area (Å²) in [5, 5.41) is 0.782. The van der Waals surface area contributed by atoms with Crippen molar-refractivity contribution in [2.75, 3.05) is 6.61 Å². The van der Waals surface area contributed by atoms with E-state index >= 15 is 0 Å². The van der Waals surface area contributed by atoms with Crippen LogP contribution >= 0.6 is 11.6 Å². The highest BCUT2D eigenvalue weighted by molar-refractivity contribution is 6.31. The summed E-state index contributed by atoms with van der Waals surface area (Å²) in [6, 6.07) is 6.06. The Bertz CT molecular complexity index is 399. The Morgan fingerprint density at radius 1 is 1.28 bits per heavy atom. The van der Waals surface area contributed by atoms with Crippen LogP contribution in [0.5, 0.6) is 0 Å². The van der Waals surface area contributed by atoms with Gasteiger partial charge in [0.25, 0.3) is 0 Å². The third-order valence-corrected chi connectivity index (χ3v) is 4.06. The van der Waals surface area contributed by atoms with Crippen molar-refractivity contribution in [2.45, 2.75) is 51.2 Å². The van der Waals surface area contributed by atoms with E-state index in [4.69, 9.17) is 22.1 Å². The summed E-state index contributed by atoms with van der Waals surface area (Å²) in [6.45, 7) is 3.22. The highest BCUT2D eigenvalue weighted by Crippen LogP contribution is 2.26. The van der Waals surface area contributed by atoms with Crippen molar-refractivity contribution in [3.63, 3.8) is 0 Å². The zero-order valence-electron chi connectivity index (χ0n) is 11.0. The molecule has 0 heterocycles. The minimum Gasteiger partial charge on any atom is -0.375 e. The quantitative estimate of drug-likeness (QED) is 0.900. The van der Waals surface area contributed by atoms with Gasteiger partial charge in [0.05, 0.1) is 13.2 Å². The molecule has 1 aliphatic rings. The molecule has 0 spiro atoms. The van der Waals surface area contributed by atoms with Gasteiger partial charge in [-0.2, -0.15) is 0 Å². The van der Waals surface area contributed by atoms with Gasteiger partial charge in [-0.05, 0) is 37.0 Å². The molecular weight excluding hydrogens is 246 g/mol. The first-order chi connectivity index (χ1) is 8.59. The smallest absolute Gasteiger partial charge is 0.0732 e. The third-order valence-electron chi connectivity index (χ3n) is 3.70. The minimum atomic E-state index is -0.116. The highest BCUT2D eigenvalue weighted by atomic mass is 35.5. The zero-order valence-corrected chi connectivity index (χ0v) is 11.8. The molecule has 2 nitrogen and oxygen atoms in total. The molecule has 1 aromatic carbocycles. The first kappa shape index (κ1) is 13.9. The van der Waals surface area contributed by atoms with E-state index < -0.39 is 0 Å². The van der Waals surface area contributed by atoms with E-state index in [0.29, 0.717) is 13.2 Å². The van der Waals surface area contributed by atoms with E-state index in [0.717, 1.165) is 23.4 Å². The predicted molar refractivity (Wildman–Crippen MR) is 75.8 cm³/mol. The lowest BCUT2D eigenvalue weighted by Crippen LogP contribution is -2.46. The standard InChI is InChI=1S/C15H22ClNO/c1-12-5-6-13(14(16)9-12)10-18-11-15(17)7-3-2-4-8-15/h5-6,9H,2-4,7-8,10-11,17H2,1H3. The summed E-state index contributed by atoms with van der Waals surface area (Å²) in [5.41, 5.74) is 8.43. The molecule has 0 amide bonds. The Morgan fingerprint density at radius 2 is 2.00 bits per heavy atom. The number of aryl methyl sites for hydroxylation is 1. The van der Waals surface area contributed by atoms with E-state index in [1.165, 1.54) is 24.8 Å². The van der Waals surface area contributed by atoms with Crippen LogP contribution in [0.15, 0.2) is 18.2 Å². The Hall–Kier alpha value is -0.570. The van der Waals surface area contributed by atoms with Crippen molar-refractivity contribution in [1.82, 2.24) is 0 Å². The first-order valence-electron chi connectivity index (χ1n) is 6.71. The number of nitrogens with two attached hydrogens (primary N) is 1. The van der Waals surface area contributed by atoms with E-state index in [9.17, 15) is 0 Å². The predicted octanol–water partition coefficient (Wildman–Crippen LogP) is 3.83. The molecule has 0 unspecified atom stereocenters. The molecular formula is C15H22ClNO. The molecule has 0 aliphatic heterocycles. The number of benzene rings is 1. The molecule has 1 aromatic rings. The SMILES string of the molecule is Cc1ccc(COCC2(N)CCCCC2)c(Cl)c1. The van der Waals surface area contributed by atoms with Crippen LogP contribution in [0.25, 0.3) is 0 Å². The van der Waals surface area contributed by atoms with Crippen LogP contribution in [-0.2, 0) is 11.3 Å². The van der Waals surface area contributed by atoms with Crippen LogP contribution < -0.4 is 5.73 Å². The maximum absolute atomic E-state index is 6.33. The molecule has 0 bridgehead atoms. The van der Waals surface area contributed by atoms with Crippen molar-refractivity contribution in [2.24, 2.45) is 5.73 Å². The minimum absolute atomic E-state index is 0.116. The first-order valence-corrected chi connectivity index (χ1v) is 7.09. The van der Waals surface area contributed by atoms with Crippen molar-refractivity contribution in [1.29, 1.82) is 0 Å². The number of ether oxygens (including phenoxy) is 1. The van der Waals surface area contributed by atoms with E-state index in [-0.39, 0.29) is 5.54 Å². The molecule has 18 heavy (non-hydrogen) atoms. The Balaban J connectivity index is 1.84. The molecule has 100 valence electrons. The number of halogens is 1. The van der Waals surface area contributed by atoms with Crippen molar-refractivity contribution < 1.29 is 4.74 Å².